The molecule has 35 heavy (non-hydrogen) atoms. The number of thioether (sulfide) groups is 1. The lowest BCUT2D eigenvalue weighted by Crippen LogP contribution is -2.55. The molecule has 2 saturated heterocycles. The average Bonchev–Trinajstić information content (AvgIpc) is 2.88. The van der Waals surface area contributed by atoms with Crippen LogP contribution >= 0.6 is 11.8 Å². The first-order valence-electron chi connectivity index (χ1n) is 12.1. The first-order chi connectivity index (χ1) is 16.9. The van der Waals surface area contributed by atoms with E-state index in [9.17, 15) is 18.4 Å². The van der Waals surface area contributed by atoms with Crippen LogP contribution in [0.1, 0.15) is 24.8 Å². The molecule has 3 unspecified atom stereocenters. The summed E-state index contributed by atoms with van der Waals surface area (Å²) in [5, 5.41) is 0.192. The molecule has 1 aliphatic carbocycles. The van der Waals surface area contributed by atoms with Crippen molar-refractivity contribution in [1.29, 1.82) is 0 Å². The fourth-order valence-corrected chi connectivity index (χ4v) is 6.86. The molecule has 0 N–H and O–H groups in total. The van der Waals surface area contributed by atoms with E-state index in [1.807, 2.05) is 15.9 Å². The van der Waals surface area contributed by atoms with Gasteiger partial charge >= 0.3 is 0 Å². The summed E-state index contributed by atoms with van der Waals surface area (Å²) in [5.41, 5.74) is 0.993. The SMILES string of the molecule is CN1C(=O)/C(=C/c2ccccc2F)SC2CCC(C(=O)N3CCN(c4ccccc4F)CC3)CC21. The van der Waals surface area contributed by atoms with Crippen molar-refractivity contribution in [3.05, 3.63) is 70.6 Å². The molecular formula is C27H29F2N3O2S. The molecule has 2 aliphatic heterocycles. The van der Waals surface area contributed by atoms with Gasteiger partial charge in [0.25, 0.3) is 5.91 Å². The number of hydrogen-bond donors (Lipinski definition) is 0. The molecule has 0 radical (unpaired) electrons. The zero-order chi connectivity index (χ0) is 24.5. The van der Waals surface area contributed by atoms with Crippen LogP contribution in [0.5, 0.6) is 0 Å². The van der Waals surface area contributed by atoms with E-state index in [2.05, 4.69) is 0 Å². The van der Waals surface area contributed by atoms with E-state index in [1.165, 1.54) is 23.9 Å². The number of nitrogens with zero attached hydrogens (tertiary/aromatic N) is 3. The van der Waals surface area contributed by atoms with Crippen LogP contribution in [0, 0.1) is 17.6 Å². The Bertz CT molecular complexity index is 1150. The fourth-order valence-electron chi connectivity index (χ4n) is 5.39. The smallest absolute Gasteiger partial charge is 0.260 e. The number of fused-ring (bicyclic) bond motifs is 1. The molecule has 2 heterocycles. The van der Waals surface area contributed by atoms with E-state index in [0.29, 0.717) is 48.8 Å². The maximum atomic E-state index is 14.1. The van der Waals surface area contributed by atoms with Crippen LogP contribution in [-0.2, 0) is 9.59 Å². The van der Waals surface area contributed by atoms with Crippen molar-refractivity contribution in [3.63, 3.8) is 0 Å². The molecule has 2 aromatic rings. The van der Waals surface area contributed by atoms with Crippen LogP contribution in [0.4, 0.5) is 14.5 Å². The minimum Gasteiger partial charge on any atom is -0.366 e. The Morgan fingerprint density at radius 1 is 0.971 bits per heavy atom. The molecular weight excluding hydrogens is 468 g/mol. The second kappa shape index (κ2) is 10.0. The largest absolute Gasteiger partial charge is 0.366 e. The third kappa shape index (κ3) is 4.81. The lowest BCUT2D eigenvalue weighted by molar-refractivity contribution is -0.139. The van der Waals surface area contributed by atoms with E-state index in [4.69, 9.17) is 0 Å². The summed E-state index contributed by atoms with van der Waals surface area (Å²) in [4.78, 5) is 32.6. The molecule has 5 rings (SSSR count). The molecule has 1 saturated carbocycles. The van der Waals surface area contributed by atoms with Crippen molar-refractivity contribution >= 4 is 35.3 Å². The maximum Gasteiger partial charge on any atom is 0.260 e. The number of likely N-dealkylation sites (N-methyl/N-ethyl adjacent to an activating group) is 1. The van der Waals surface area contributed by atoms with Gasteiger partial charge in [0, 0.05) is 56.0 Å². The lowest BCUT2D eigenvalue weighted by Gasteiger charge is -2.45. The third-order valence-electron chi connectivity index (χ3n) is 7.39. The number of piperazine rings is 1. The zero-order valence-corrected chi connectivity index (χ0v) is 20.5. The molecule has 2 amide bonds. The van der Waals surface area contributed by atoms with Crippen molar-refractivity contribution < 1.29 is 18.4 Å². The first kappa shape index (κ1) is 23.9. The Hall–Kier alpha value is -2.87. The summed E-state index contributed by atoms with van der Waals surface area (Å²) in [5.74, 6) is -0.690. The molecule has 0 bridgehead atoms. The van der Waals surface area contributed by atoms with Gasteiger partial charge in [-0.15, -0.1) is 11.8 Å². The Labute approximate surface area is 208 Å². The molecule has 8 heteroatoms. The Morgan fingerprint density at radius 3 is 2.37 bits per heavy atom. The number of benzene rings is 2. The lowest BCUT2D eigenvalue weighted by atomic mass is 9.83. The van der Waals surface area contributed by atoms with Crippen LogP contribution in [0.25, 0.3) is 6.08 Å². The summed E-state index contributed by atoms with van der Waals surface area (Å²) in [6.45, 7) is 2.33. The average molecular weight is 498 g/mol. The minimum absolute atomic E-state index is 0.0207. The molecule has 184 valence electrons. The summed E-state index contributed by atoms with van der Waals surface area (Å²) >= 11 is 1.52. The van der Waals surface area contributed by atoms with Gasteiger partial charge in [-0.05, 0) is 43.5 Å². The third-order valence-corrected chi connectivity index (χ3v) is 8.79. The van der Waals surface area contributed by atoms with Crippen LogP contribution in [0.3, 0.4) is 0 Å². The Kier molecular flexibility index (Phi) is 6.82. The molecule has 0 spiro atoms. The van der Waals surface area contributed by atoms with Gasteiger partial charge in [0.1, 0.15) is 11.6 Å². The van der Waals surface area contributed by atoms with Crippen LogP contribution < -0.4 is 4.90 Å². The van der Waals surface area contributed by atoms with E-state index in [0.717, 1.165) is 12.8 Å². The van der Waals surface area contributed by atoms with Gasteiger partial charge in [-0.3, -0.25) is 9.59 Å². The summed E-state index contributed by atoms with van der Waals surface area (Å²) in [7, 11) is 1.79. The number of rotatable bonds is 3. The number of amides is 2. The highest BCUT2D eigenvalue weighted by Gasteiger charge is 2.43. The molecule has 5 nitrogen and oxygen atoms in total. The quantitative estimate of drug-likeness (QED) is 0.590. The van der Waals surface area contributed by atoms with Crippen molar-refractivity contribution in [2.24, 2.45) is 5.92 Å². The predicted octanol–water partition coefficient (Wildman–Crippen LogP) is 4.40. The monoisotopic (exact) mass is 497 g/mol. The van der Waals surface area contributed by atoms with E-state index < -0.39 is 0 Å². The van der Waals surface area contributed by atoms with Crippen molar-refractivity contribution in [2.75, 3.05) is 38.1 Å². The van der Waals surface area contributed by atoms with Crippen molar-refractivity contribution in [2.45, 2.75) is 30.6 Å². The van der Waals surface area contributed by atoms with Crippen LogP contribution in [-0.4, -0.2) is 66.1 Å². The normalized spacial score (nSPS) is 26.1. The predicted molar refractivity (Wildman–Crippen MR) is 135 cm³/mol. The van der Waals surface area contributed by atoms with Gasteiger partial charge in [0.2, 0.25) is 5.91 Å². The van der Waals surface area contributed by atoms with Gasteiger partial charge < -0.3 is 14.7 Å². The fraction of sp³-hybridized carbons (Fsp3) is 0.407. The topological polar surface area (TPSA) is 43.9 Å². The van der Waals surface area contributed by atoms with Gasteiger partial charge in [-0.25, -0.2) is 8.78 Å². The molecule has 0 aromatic heterocycles. The molecule has 3 fully saturated rings. The summed E-state index contributed by atoms with van der Waals surface area (Å²) in [6, 6.07) is 13.2. The number of para-hydroxylation sites is 1. The van der Waals surface area contributed by atoms with E-state index >= 15 is 0 Å². The van der Waals surface area contributed by atoms with Gasteiger partial charge in [-0.1, -0.05) is 30.3 Å². The number of halogens is 2. The van der Waals surface area contributed by atoms with E-state index in [1.54, 1.807) is 48.4 Å². The second-order valence-electron chi connectivity index (χ2n) is 9.44. The highest BCUT2D eigenvalue weighted by atomic mass is 32.2. The zero-order valence-electron chi connectivity index (χ0n) is 19.7. The van der Waals surface area contributed by atoms with Gasteiger partial charge in [0.05, 0.1) is 10.6 Å². The minimum atomic E-state index is -0.345. The van der Waals surface area contributed by atoms with Crippen LogP contribution in [0.15, 0.2) is 53.4 Å². The van der Waals surface area contributed by atoms with E-state index in [-0.39, 0.29) is 40.7 Å². The van der Waals surface area contributed by atoms with Crippen LogP contribution in [0.2, 0.25) is 0 Å². The maximum absolute atomic E-state index is 14.1. The standard InChI is InChI=1S/C27H29F2N3O2S/c1-30-23-16-19(26(33)32-14-12-31(13-15-32)22-9-5-4-8-21(22)29)10-11-24(23)35-25(27(30)34)17-18-6-2-3-7-20(18)28/h2-9,17,19,23-24H,10-16H2,1H3/b25-17-. The first-order valence-corrected chi connectivity index (χ1v) is 13.0. The van der Waals surface area contributed by atoms with Crippen molar-refractivity contribution in [1.82, 2.24) is 9.80 Å². The number of hydrogen-bond acceptors (Lipinski definition) is 4. The molecule has 3 atom stereocenters. The summed E-state index contributed by atoms with van der Waals surface area (Å²) in [6.07, 6.45) is 3.88. The number of anilines is 1. The summed E-state index contributed by atoms with van der Waals surface area (Å²) < 4.78 is 28.3. The number of carbonyl (C=O) groups is 2. The molecule has 2 aromatic carbocycles. The second-order valence-corrected chi connectivity index (χ2v) is 10.7. The Balaban J connectivity index is 1.21. The van der Waals surface area contributed by atoms with Crippen molar-refractivity contribution in [3.8, 4) is 0 Å². The van der Waals surface area contributed by atoms with Gasteiger partial charge in [0.15, 0.2) is 0 Å². The highest BCUT2D eigenvalue weighted by molar-refractivity contribution is 8.04. The Morgan fingerprint density at radius 2 is 1.66 bits per heavy atom. The highest BCUT2D eigenvalue weighted by Crippen LogP contribution is 2.43. The number of carbonyl (C=O) groups excluding carboxylic acids is 2. The molecule has 3 aliphatic rings. The van der Waals surface area contributed by atoms with Gasteiger partial charge in [-0.2, -0.15) is 0 Å².